The lowest BCUT2D eigenvalue weighted by molar-refractivity contribution is -0.275. The van der Waals surface area contributed by atoms with Crippen LogP contribution in [0, 0.1) is 0 Å². The first-order chi connectivity index (χ1) is 11.2. The highest BCUT2D eigenvalue weighted by Gasteiger charge is 2.47. The molecular formula is C14H15BrClNO6. The molecule has 2 heterocycles. The predicted molar refractivity (Wildman–Crippen MR) is 85.2 cm³/mol. The zero-order valence-corrected chi connectivity index (χ0v) is 14.1. The van der Waals surface area contributed by atoms with E-state index in [9.17, 15) is 10.2 Å². The first kappa shape index (κ1) is 17.0. The summed E-state index contributed by atoms with van der Waals surface area (Å²) in [6, 6.07) is 7.58. The maximum atomic E-state index is 10.0. The van der Waals surface area contributed by atoms with Gasteiger partial charge in [-0.25, -0.2) is 0 Å². The van der Waals surface area contributed by atoms with Gasteiger partial charge in [0.25, 0.3) is 0 Å². The van der Waals surface area contributed by atoms with Crippen LogP contribution in [0.25, 0.3) is 10.9 Å². The van der Waals surface area contributed by atoms with Crippen molar-refractivity contribution in [3.63, 3.8) is 0 Å². The van der Waals surface area contributed by atoms with E-state index in [0.717, 1.165) is 10.9 Å². The molecule has 0 radical (unpaired) electrons. The van der Waals surface area contributed by atoms with Crippen LogP contribution in [0.1, 0.15) is 0 Å². The van der Waals surface area contributed by atoms with E-state index in [1.807, 2.05) is 24.3 Å². The third kappa shape index (κ3) is 3.34. The molecule has 1 aliphatic heterocycles. The number of aliphatic hydroxyl groups excluding tert-OH is 2. The molecule has 0 spiro atoms. The fourth-order valence-electron chi connectivity index (χ4n) is 2.64. The average molecular weight is 409 g/mol. The Morgan fingerprint density at radius 3 is 2.78 bits per heavy atom. The number of hydrogen-bond acceptors (Lipinski definition) is 6. The number of aliphatic hydroxyl groups is 2. The third-order valence-electron chi connectivity index (χ3n) is 3.78. The van der Waals surface area contributed by atoms with Gasteiger partial charge in [0.2, 0.25) is 0 Å². The molecule has 2 aromatic rings. The molecule has 3 N–H and O–H groups in total. The molecule has 23 heavy (non-hydrogen) atoms. The van der Waals surface area contributed by atoms with E-state index in [-0.39, 0.29) is 6.61 Å². The fourth-order valence-corrected chi connectivity index (χ4v) is 3.10. The van der Waals surface area contributed by atoms with Gasteiger partial charge >= 0.3 is 0 Å². The lowest BCUT2D eigenvalue weighted by Gasteiger charge is -2.40. The number of ether oxygens (including phenoxy) is 2. The first-order valence-corrected chi connectivity index (χ1v) is 7.86. The van der Waals surface area contributed by atoms with E-state index in [1.165, 1.54) is 0 Å². The van der Waals surface area contributed by atoms with Gasteiger partial charge in [0, 0.05) is 17.1 Å². The largest absolute Gasteiger partial charge is 0.482 e. The highest BCUT2D eigenvalue weighted by molar-refractivity contribution is 9.06. The van der Waals surface area contributed by atoms with Gasteiger partial charge in [-0.1, -0.05) is 12.1 Å². The molecule has 1 aromatic carbocycles. The van der Waals surface area contributed by atoms with Gasteiger partial charge < -0.3 is 28.5 Å². The van der Waals surface area contributed by atoms with Crippen LogP contribution in [0.4, 0.5) is 0 Å². The minimum absolute atomic E-state index is 0.0630. The van der Waals surface area contributed by atoms with Crippen molar-refractivity contribution in [1.82, 2.24) is 4.98 Å². The van der Waals surface area contributed by atoms with E-state index in [2.05, 4.69) is 21.2 Å². The number of rotatable bonds is 5. The van der Waals surface area contributed by atoms with Crippen molar-refractivity contribution in [2.45, 2.75) is 30.7 Å². The number of para-hydroxylation sites is 1. The normalized spacial score (nSPS) is 31.4. The summed E-state index contributed by atoms with van der Waals surface area (Å²) in [6.07, 6.45) is -3.60. The molecular weight excluding hydrogens is 394 g/mol. The standard InChI is InChI=1S/C14H15BrClNO6/c15-20-6-10-12(13(23-16)11(18)14(19)22-10)21-9-5-17-8-4-2-1-3-7(8)9/h1-5,10-14,17-19H,6H2/t10-,11-,12+,13-,14+/m1/s1. The third-order valence-corrected chi connectivity index (χ3v) is 4.25. The van der Waals surface area contributed by atoms with Gasteiger partial charge in [0.1, 0.15) is 24.1 Å². The van der Waals surface area contributed by atoms with Crippen LogP contribution in [-0.4, -0.2) is 52.5 Å². The molecule has 0 amide bonds. The van der Waals surface area contributed by atoms with Crippen LogP contribution in [-0.2, 0) is 12.9 Å². The molecule has 1 fully saturated rings. The van der Waals surface area contributed by atoms with Gasteiger partial charge in [-0.15, -0.1) is 0 Å². The van der Waals surface area contributed by atoms with E-state index in [4.69, 9.17) is 29.5 Å². The zero-order valence-electron chi connectivity index (χ0n) is 11.8. The lowest BCUT2D eigenvalue weighted by Crippen LogP contribution is -2.60. The Morgan fingerprint density at radius 1 is 1.26 bits per heavy atom. The van der Waals surface area contributed by atoms with E-state index in [1.54, 1.807) is 6.20 Å². The Kier molecular flexibility index (Phi) is 5.42. The Balaban J connectivity index is 1.89. The number of fused-ring (bicyclic) bond motifs is 1. The van der Waals surface area contributed by atoms with Crippen LogP contribution in [0.5, 0.6) is 5.75 Å². The number of benzene rings is 1. The summed E-state index contributed by atoms with van der Waals surface area (Å²) in [4.78, 5) is 3.09. The van der Waals surface area contributed by atoms with Gasteiger partial charge in [0.05, 0.1) is 34.7 Å². The Morgan fingerprint density at radius 2 is 2.04 bits per heavy atom. The summed E-state index contributed by atoms with van der Waals surface area (Å²) in [6.45, 7) is 0.0630. The molecule has 3 rings (SSSR count). The van der Waals surface area contributed by atoms with Crippen molar-refractivity contribution in [1.29, 1.82) is 0 Å². The van der Waals surface area contributed by atoms with Crippen molar-refractivity contribution in [3.05, 3.63) is 30.5 Å². The maximum Gasteiger partial charge on any atom is 0.184 e. The number of aromatic amines is 1. The summed E-state index contributed by atoms with van der Waals surface area (Å²) in [5.41, 5.74) is 0.899. The second-order valence-corrected chi connectivity index (χ2v) is 5.80. The van der Waals surface area contributed by atoms with Gasteiger partial charge in [0.15, 0.2) is 12.4 Å². The molecule has 126 valence electrons. The second-order valence-electron chi connectivity index (χ2n) is 5.17. The number of nitrogens with one attached hydrogen (secondary N) is 1. The quantitative estimate of drug-likeness (QED) is 0.699. The van der Waals surface area contributed by atoms with Crippen molar-refractivity contribution in [3.8, 4) is 5.75 Å². The molecule has 5 atom stereocenters. The minimum atomic E-state index is -1.45. The maximum absolute atomic E-state index is 10.0. The summed E-state index contributed by atoms with van der Waals surface area (Å²) in [5, 5.41) is 20.6. The number of hydrogen-bond donors (Lipinski definition) is 3. The minimum Gasteiger partial charge on any atom is -0.482 e. The topological polar surface area (TPSA) is 93.2 Å². The molecule has 1 aliphatic rings. The van der Waals surface area contributed by atoms with Gasteiger partial charge in [-0.2, -0.15) is 0 Å². The second kappa shape index (κ2) is 7.35. The Hall–Kier alpha value is -0.870. The lowest BCUT2D eigenvalue weighted by atomic mass is 9.99. The van der Waals surface area contributed by atoms with E-state index in [0.29, 0.717) is 5.75 Å². The number of aromatic nitrogens is 1. The zero-order chi connectivity index (χ0) is 16.4. The average Bonchev–Trinajstić information content (AvgIpc) is 2.96. The molecule has 0 aliphatic carbocycles. The predicted octanol–water partition coefficient (Wildman–Crippen LogP) is 1.86. The molecule has 9 heteroatoms. The van der Waals surface area contributed by atoms with E-state index >= 15 is 0 Å². The monoisotopic (exact) mass is 407 g/mol. The molecule has 0 saturated carbocycles. The van der Waals surface area contributed by atoms with Gasteiger partial charge in [-0.3, -0.25) is 4.29 Å². The highest BCUT2D eigenvalue weighted by Crippen LogP contribution is 2.31. The molecule has 1 saturated heterocycles. The Bertz CT molecular complexity index is 655. The highest BCUT2D eigenvalue weighted by atomic mass is 79.9. The van der Waals surface area contributed by atoms with Crippen molar-refractivity contribution < 1.29 is 27.8 Å². The summed E-state index contributed by atoms with van der Waals surface area (Å²) in [5.74, 6) is 0.552. The summed E-state index contributed by atoms with van der Waals surface area (Å²) in [7, 11) is 0. The number of halogens is 2. The first-order valence-electron chi connectivity index (χ1n) is 6.91. The number of H-pyrrole nitrogens is 1. The van der Waals surface area contributed by atoms with Crippen LogP contribution in [0.3, 0.4) is 0 Å². The SMILES string of the molecule is O[C@@H]1[C@@H](OCl)[C@@H](Oc2c[nH]c3ccccc23)[C@@H](COBr)O[C@@H]1O. The molecule has 7 nitrogen and oxygen atoms in total. The van der Waals surface area contributed by atoms with Crippen LogP contribution >= 0.6 is 28.1 Å². The van der Waals surface area contributed by atoms with Crippen molar-refractivity contribution >= 4 is 39.0 Å². The van der Waals surface area contributed by atoms with Gasteiger partial charge in [-0.05, 0) is 12.1 Å². The van der Waals surface area contributed by atoms with E-state index < -0.39 is 30.7 Å². The van der Waals surface area contributed by atoms with Crippen LogP contribution in [0.2, 0.25) is 0 Å². The Labute approximate surface area is 145 Å². The molecule has 0 unspecified atom stereocenters. The molecule has 1 aromatic heterocycles. The summed E-state index contributed by atoms with van der Waals surface area (Å²) >= 11 is 8.34. The fraction of sp³-hybridized carbons (Fsp3) is 0.429. The smallest absolute Gasteiger partial charge is 0.184 e. The van der Waals surface area contributed by atoms with Crippen molar-refractivity contribution in [2.24, 2.45) is 0 Å². The van der Waals surface area contributed by atoms with Crippen LogP contribution < -0.4 is 4.74 Å². The summed E-state index contributed by atoms with van der Waals surface area (Å²) < 4.78 is 21.0. The van der Waals surface area contributed by atoms with Crippen LogP contribution in [0.15, 0.2) is 30.5 Å². The van der Waals surface area contributed by atoms with Crippen molar-refractivity contribution in [2.75, 3.05) is 6.61 Å². The molecule has 0 bridgehead atoms.